The summed E-state index contributed by atoms with van der Waals surface area (Å²) in [5, 5.41) is 0.611. The molecule has 1 aromatic carbocycles. The smallest absolute Gasteiger partial charge is 0.288 e. The van der Waals surface area contributed by atoms with Gasteiger partial charge in [0.2, 0.25) is 0 Å². The summed E-state index contributed by atoms with van der Waals surface area (Å²) in [6.45, 7) is 12.4. The van der Waals surface area contributed by atoms with Crippen molar-refractivity contribution >= 4 is 29.3 Å². The molecule has 0 bridgehead atoms. The van der Waals surface area contributed by atoms with Gasteiger partial charge in [0.15, 0.2) is 5.15 Å². The Hall–Kier alpha value is -1.84. The Bertz CT molecular complexity index is 809. The largest absolute Gasteiger partial charge is 0.304 e. The maximum absolute atomic E-state index is 12.3. The third-order valence-corrected chi connectivity index (χ3v) is 4.15. The summed E-state index contributed by atoms with van der Waals surface area (Å²) in [4.78, 5) is 16.5. The van der Waals surface area contributed by atoms with E-state index in [1.54, 1.807) is 16.7 Å². The average Bonchev–Trinajstić information content (AvgIpc) is 2.75. The minimum atomic E-state index is -0.289. The van der Waals surface area contributed by atoms with Crippen molar-refractivity contribution in [3.8, 4) is 0 Å². The Labute approximate surface area is 179 Å². The molecule has 154 valence electrons. The zero-order chi connectivity index (χ0) is 21.5. The van der Waals surface area contributed by atoms with Gasteiger partial charge >= 0.3 is 0 Å². The van der Waals surface area contributed by atoms with Crippen molar-refractivity contribution in [1.82, 2.24) is 9.55 Å². The van der Waals surface area contributed by atoms with Crippen molar-refractivity contribution in [1.29, 1.82) is 0 Å². The molecule has 2 rings (SSSR count). The number of aromatic nitrogens is 2. The van der Waals surface area contributed by atoms with E-state index in [0.29, 0.717) is 17.3 Å². The number of rotatable bonds is 6. The van der Waals surface area contributed by atoms with Crippen LogP contribution in [0.3, 0.4) is 0 Å². The molecule has 0 saturated heterocycles. The third-order valence-electron chi connectivity index (χ3n) is 3.63. The number of halogens is 2. The highest BCUT2D eigenvalue weighted by Gasteiger charge is 2.11. The highest BCUT2D eigenvalue weighted by Crippen LogP contribution is 2.14. The second kappa shape index (κ2) is 15.1. The van der Waals surface area contributed by atoms with Gasteiger partial charge in [-0.2, -0.15) is 0 Å². The van der Waals surface area contributed by atoms with Gasteiger partial charge in [0, 0.05) is 10.7 Å². The molecule has 0 unspecified atom stereocenters. The molecule has 0 atom stereocenters. The Morgan fingerprint density at radius 2 is 1.75 bits per heavy atom. The van der Waals surface area contributed by atoms with Crippen molar-refractivity contribution in [2.24, 2.45) is 0 Å². The van der Waals surface area contributed by atoms with E-state index in [0.717, 1.165) is 24.1 Å². The second-order valence-corrected chi connectivity index (χ2v) is 6.26. The quantitative estimate of drug-likeness (QED) is 0.459. The van der Waals surface area contributed by atoms with Gasteiger partial charge in [-0.25, -0.2) is 4.98 Å². The van der Waals surface area contributed by atoms with E-state index >= 15 is 0 Å². The van der Waals surface area contributed by atoms with E-state index in [-0.39, 0.29) is 10.7 Å². The topological polar surface area (TPSA) is 34.9 Å². The van der Waals surface area contributed by atoms with Crippen LogP contribution in [0.4, 0.5) is 0 Å². The molecule has 1 heterocycles. The Kier molecular flexibility index (Phi) is 14.1. The maximum Gasteiger partial charge on any atom is 0.288 e. The van der Waals surface area contributed by atoms with E-state index in [9.17, 15) is 4.79 Å². The molecule has 1 aromatic heterocycles. The monoisotopic (exact) mass is 422 g/mol. The minimum absolute atomic E-state index is 0.0372. The summed E-state index contributed by atoms with van der Waals surface area (Å²) in [7, 11) is 0. The van der Waals surface area contributed by atoms with Crippen molar-refractivity contribution in [2.75, 3.05) is 0 Å². The van der Waals surface area contributed by atoms with Gasteiger partial charge in [-0.3, -0.25) is 4.79 Å². The van der Waals surface area contributed by atoms with Gasteiger partial charge in [-0.1, -0.05) is 101 Å². The van der Waals surface area contributed by atoms with Crippen LogP contribution in [0.25, 0.3) is 6.08 Å². The van der Waals surface area contributed by atoms with Gasteiger partial charge in [0.05, 0.1) is 12.2 Å². The number of benzene rings is 1. The summed E-state index contributed by atoms with van der Waals surface area (Å²) in [6.07, 6.45) is 7.48. The predicted molar refractivity (Wildman–Crippen MR) is 124 cm³/mol. The van der Waals surface area contributed by atoms with Crippen LogP contribution in [0.15, 0.2) is 52.3 Å². The van der Waals surface area contributed by atoms with E-state index in [1.165, 1.54) is 0 Å². The average molecular weight is 423 g/mol. The lowest BCUT2D eigenvalue weighted by Gasteiger charge is -2.12. The summed E-state index contributed by atoms with van der Waals surface area (Å²) >= 11 is 12.2. The van der Waals surface area contributed by atoms with Crippen LogP contribution in [0.1, 0.15) is 64.4 Å². The lowest BCUT2D eigenvalue weighted by molar-refractivity contribution is 0.715. The SMILES string of the molecule is CC.CC.CCC/C=C(Cl)/C=C\c1nc(Cl)c(=O)n(Cc2ccccc2)c1C. The van der Waals surface area contributed by atoms with E-state index in [4.69, 9.17) is 23.2 Å². The number of nitrogens with zero attached hydrogens (tertiary/aromatic N) is 2. The van der Waals surface area contributed by atoms with Gasteiger partial charge in [0.25, 0.3) is 5.56 Å². The Morgan fingerprint density at radius 1 is 1.14 bits per heavy atom. The molecular formula is C23H32Cl2N2O. The number of hydrogen-bond donors (Lipinski definition) is 0. The summed E-state index contributed by atoms with van der Waals surface area (Å²) in [5.74, 6) is 0. The van der Waals surface area contributed by atoms with Gasteiger partial charge in [-0.05, 0) is 31.1 Å². The van der Waals surface area contributed by atoms with Crippen LogP contribution >= 0.6 is 23.2 Å². The predicted octanol–water partition coefficient (Wildman–Crippen LogP) is 7.24. The molecule has 0 aliphatic heterocycles. The van der Waals surface area contributed by atoms with Crippen molar-refractivity contribution in [3.63, 3.8) is 0 Å². The van der Waals surface area contributed by atoms with E-state index < -0.39 is 0 Å². The summed E-state index contributed by atoms with van der Waals surface area (Å²) in [6, 6.07) is 9.77. The molecule has 0 aliphatic carbocycles. The van der Waals surface area contributed by atoms with Gasteiger partial charge in [-0.15, -0.1) is 0 Å². The lowest BCUT2D eigenvalue weighted by Crippen LogP contribution is -2.25. The fourth-order valence-corrected chi connectivity index (χ4v) is 2.62. The van der Waals surface area contributed by atoms with Crippen molar-refractivity contribution in [3.05, 3.63) is 80.0 Å². The first kappa shape index (κ1) is 26.2. The molecule has 3 nitrogen and oxygen atoms in total. The third kappa shape index (κ3) is 8.45. The zero-order valence-corrected chi connectivity index (χ0v) is 19.3. The molecular weight excluding hydrogens is 391 g/mol. The molecule has 0 saturated carbocycles. The van der Waals surface area contributed by atoms with Crippen LogP contribution in [-0.2, 0) is 6.54 Å². The first-order valence-corrected chi connectivity index (χ1v) is 10.6. The summed E-state index contributed by atoms with van der Waals surface area (Å²) < 4.78 is 1.63. The Morgan fingerprint density at radius 3 is 2.32 bits per heavy atom. The van der Waals surface area contributed by atoms with E-state index in [1.807, 2.05) is 71.0 Å². The molecule has 0 radical (unpaired) electrons. The van der Waals surface area contributed by atoms with E-state index in [2.05, 4.69) is 11.9 Å². The van der Waals surface area contributed by atoms with Crippen LogP contribution in [0, 0.1) is 6.92 Å². The normalized spacial score (nSPS) is 10.8. The molecule has 0 N–H and O–H groups in total. The van der Waals surface area contributed by atoms with Crippen LogP contribution in [0.2, 0.25) is 5.15 Å². The van der Waals surface area contributed by atoms with Gasteiger partial charge in [0.1, 0.15) is 0 Å². The molecule has 5 heteroatoms. The number of allylic oxidation sites excluding steroid dienone is 3. The fourth-order valence-electron chi connectivity index (χ4n) is 2.26. The maximum atomic E-state index is 12.3. The number of unbranched alkanes of at least 4 members (excludes halogenated alkanes) is 1. The fraction of sp³-hybridized carbons (Fsp3) is 0.391. The lowest BCUT2D eigenvalue weighted by atomic mass is 10.2. The molecule has 2 aromatic rings. The van der Waals surface area contributed by atoms with Crippen LogP contribution in [-0.4, -0.2) is 9.55 Å². The molecule has 0 aliphatic rings. The van der Waals surface area contributed by atoms with Crippen LogP contribution in [0.5, 0.6) is 0 Å². The minimum Gasteiger partial charge on any atom is -0.304 e. The van der Waals surface area contributed by atoms with Crippen LogP contribution < -0.4 is 5.56 Å². The first-order valence-electron chi connectivity index (χ1n) is 9.87. The zero-order valence-electron chi connectivity index (χ0n) is 17.8. The molecule has 0 amide bonds. The van der Waals surface area contributed by atoms with Gasteiger partial charge < -0.3 is 4.57 Å². The second-order valence-electron chi connectivity index (χ2n) is 5.46. The highest BCUT2D eigenvalue weighted by molar-refractivity contribution is 6.31. The molecule has 28 heavy (non-hydrogen) atoms. The molecule has 0 spiro atoms. The van der Waals surface area contributed by atoms with Crippen molar-refractivity contribution in [2.45, 2.75) is 60.9 Å². The summed E-state index contributed by atoms with van der Waals surface area (Å²) in [5.41, 5.74) is 2.13. The Balaban J connectivity index is 0.00000171. The first-order chi connectivity index (χ1) is 13.5. The molecule has 0 fully saturated rings. The highest BCUT2D eigenvalue weighted by atomic mass is 35.5. The standard InChI is InChI=1S/C19H20Cl2N2O.2C2H6/c1-3-4-10-16(20)11-12-17-14(2)23(19(24)18(21)22-17)13-15-8-6-5-7-9-15;2*1-2/h5-12H,3-4,13H2,1-2H3;2*1-2H3/b12-11-,16-10-;;. The van der Waals surface area contributed by atoms with Crippen molar-refractivity contribution < 1.29 is 0 Å². The number of hydrogen-bond acceptors (Lipinski definition) is 2.